The molecule has 2 aromatic carbocycles. The molecule has 36 heavy (non-hydrogen) atoms. The zero-order valence-electron chi connectivity index (χ0n) is 19.1. The molecule has 188 valence electrons. The Morgan fingerprint density at radius 3 is 2.31 bits per heavy atom. The largest absolute Gasteiger partial charge is 0.481 e. The fourth-order valence-electron chi connectivity index (χ4n) is 4.23. The maximum absolute atomic E-state index is 14.3. The first-order chi connectivity index (χ1) is 17.1. The number of aromatic nitrogens is 1. The van der Waals surface area contributed by atoms with E-state index in [2.05, 4.69) is 9.88 Å². The number of rotatable bonds is 7. The number of primary amides is 1. The summed E-state index contributed by atoms with van der Waals surface area (Å²) in [6.07, 6.45) is 0.671. The van der Waals surface area contributed by atoms with E-state index in [1.165, 1.54) is 6.07 Å². The zero-order chi connectivity index (χ0) is 26.0. The smallest absolute Gasteiger partial charge is 0.303 e. The molecule has 8 nitrogen and oxygen atoms in total. The maximum atomic E-state index is 14.3. The summed E-state index contributed by atoms with van der Waals surface area (Å²) in [7, 11) is 0. The number of aliphatic carboxylic acids is 1. The highest BCUT2D eigenvalue weighted by Gasteiger charge is 2.23. The summed E-state index contributed by atoms with van der Waals surface area (Å²) in [5.74, 6) is -4.45. The van der Waals surface area contributed by atoms with Crippen LogP contribution < -0.4 is 5.73 Å². The summed E-state index contributed by atoms with van der Waals surface area (Å²) in [6.45, 7) is 2.96. The highest BCUT2D eigenvalue weighted by molar-refractivity contribution is 6.35. The number of hydrogen-bond acceptors (Lipinski definition) is 5. The van der Waals surface area contributed by atoms with Crippen LogP contribution in [0.25, 0.3) is 22.2 Å². The van der Waals surface area contributed by atoms with Gasteiger partial charge in [-0.2, -0.15) is 0 Å². The van der Waals surface area contributed by atoms with Crippen molar-refractivity contribution in [3.8, 4) is 11.3 Å². The van der Waals surface area contributed by atoms with Crippen molar-refractivity contribution in [3.63, 3.8) is 0 Å². The Labute approximate surface area is 210 Å². The molecule has 2 heterocycles. The highest BCUT2D eigenvalue weighted by atomic mass is 35.5. The number of fused-ring (bicyclic) bond motifs is 1. The number of carboxylic acid groups (broad SMARTS) is 1. The van der Waals surface area contributed by atoms with Crippen LogP contribution in [0.3, 0.4) is 0 Å². The summed E-state index contributed by atoms with van der Waals surface area (Å²) in [6, 6.07) is 8.26. The van der Waals surface area contributed by atoms with Crippen LogP contribution in [0.4, 0.5) is 8.78 Å². The molecule has 2 amide bonds. The SMILES string of the molecule is NC(=O)c1c(F)cc(-c2cc(Cl)c3ccc(C(=O)N4CCN(CCCC(=O)O)CC4)cc3n2)cc1F. The lowest BCUT2D eigenvalue weighted by atomic mass is 10.0. The van der Waals surface area contributed by atoms with Gasteiger partial charge in [0, 0.05) is 49.1 Å². The van der Waals surface area contributed by atoms with Crippen molar-refractivity contribution >= 4 is 40.3 Å². The van der Waals surface area contributed by atoms with Crippen molar-refractivity contribution in [2.45, 2.75) is 12.8 Å². The molecule has 0 unspecified atom stereocenters. The van der Waals surface area contributed by atoms with E-state index >= 15 is 0 Å². The average Bonchev–Trinajstić information content (AvgIpc) is 2.82. The van der Waals surface area contributed by atoms with Crippen LogP contribution >= 0.6 is 11.6 Å². The first kappa shape index (κ1) is 25.5. The van der Waals surface area contributed by atoms with E-state index in [0.29, 0.717) is 55.6 Å². The lowest BCUT2D eigenvalue weighted by molar-refractivity contribution is -0.137. The number of hydrogen-bond donors (Lipinski definition) is 2. The molecule has 0 bridgehead atoms. The number of nitrogens with two attached hydrogens (primary N) is 1. The van der Waals surface area contributed by atoms with Gasteiger partial charge in [0.15, 0.2) is 0 Å². The van der Waals surface area contributed by atoms with Crippen molar-refractivity contribution in [1.29, 1.82) is 0 Å². The topological polar surface area (TPSA) is 117 Å². The third-order valence-electron chi connectivity index (χ3n) is 6.12. The Morgan fingerprint density at radius 1 is 1.03 bits per heavy atom. The Bertz CT molecular complexity index is 1340. The van der Waals surface area contributed by atoms with E-state index < -0.39 is 29.1 Å². The van der Waals surface area contributed by atoms with Crippen molar-refractivity contribution in [2.24, 2.45) is 5.73 Å². The van der Waals surface area contributed by atoms with Gasteiger partial charge in [0.05, 0.1) is 16.2 Å². The third kappa shape index (κ3) is 5.44. The van der Waals surface area contributed by atoms with E-state index in [1.807, 2.05) is 0 Å². The summed E-state index contributed by atoms with van der Waals surface area (Å²) < 4.78 is 28.6. The summed E-state index contributed by atoms with van der Waals surface area (Å²) in [4.78, 5) is 43.4. The van der Waals surface area contributed by atoms with Crippen LogP contribution in [0.2, 0.25) is 5.02 Å². The molecular weight excluding hydrogens is 494 g/mol. The minimum absolute atomic E-state index is 0.0644. The number of carboxylic acids is 1. The van der Waals surface area contributed by atoms with Gasteiger partial charge in [-0.25, -0.2) is 13.8 Å². The van der Waals surface area contributed by atoms with Gasteiger partial charge in [-0.05, 0) is 43.3 Å². The minimum atomic E-state index is -1.22. The predicted molar refractivity (Wildman–Crippen MR) is 130 cm³/mol. The van der Waals surface area contributed by atoms with Gasteiger partial charge in [0.2, 0.25) is 0 Å². The molecule has 3 aromatic rings. The number of carbonyl (C=O) groups excluding carboxylic acids is 2. The Kier molecular flexibility index (Phi) is 7.46. The van der Waals surface area contributed by atoms with Crippen LogP contribution in [0.15, 0.2) is 36.4 Å². The number of nitrogens with zero attached hydrogens (tertiary/aromatic N) is 3. The fourth-order valence-corrected chi connectivity index (χ4v) is 4.50. The molecule has 0 spiro atoms. The molecule has 1 saturated heterocycles. The molecule has 1 aromatic heterocycles. The van der Waals surface area contributed by atoms with Crippen LogP contribution in [0.5, 0.6) is 0 Å². The van der Waals surface area contributed by atoms with Crippen molar-refractivity contribution in [2.75, 3.05) is 32.7 Å². The molecule has 0 radical (unpaired) electrons. The predicted octanol–water partition coefficient (Wildman–Crippen LogP) is 3.55. The van der Waals surface area contributed by atoms with Gasteiger partial charge in [0.25, 0.3) is 11.8 Å². The normalized spacial score (nSPS) is 14.2. The van der Waals surface area contributed by atoms with Gasteiger partial charge in [0.1, 0.15) is 17.2 Å². The van der Waals surface area contributed by atoms with E-state index in [4.69, 9.17) is 22.4 Å². The molecule has 0 atom stereocenters. The second-order valence-electron chi connectivity index (χ2n) is 8.53. The Hall–Kier alpha value is -3.63. The summed E-state index contributed by atoms with van der Waals surface area (Å²) in [5, 5.41) is 9.62. The standard InChI is InChI=1S/C25H23ClF2N4O4/c26-17-13-20(15-10-18(27)23(24(29)35)19(28)11-15)30-21-12-14(3-4-16(17)21)25(36)32-8-6-31(7-9-32)5-1-2-22(33)34/h3-4,10-13H,1-2,5-9H2,(H2,29,35)(H,33,34). The van der Waals surface area contributed by atoms with E-state index in [1.54, 1.807) is 23.1 Å². The average molecular weight is 517 g/mol. The van der Waals surface area contributed by atoms with Crippen LogP contribution in [0, 0.1) is 11.6 Å². The quantitative estimate of drug-likeness (QED) is 0.496. The maximum Gasteiger partial charge on any atom is 0.303 e. The molecule has 0 aliphatic carbocycles. The first-order valence-corrected chi connectivity index (χ1v) is 11.6. The van der Waals surface area contributed by atoms with Crippen molar-refractivity contribution < 1.29 is 28.3 Å². The van der Waals surface area contributed by atoms with Gasteiger partial charge in [-0.15, -0.1) is 0 Å². The number of carbonyl (C=O) groups is 3. The van der Waals surface area contributed by atoms with E-state index in [0.717, 1.165) is 12.1 Å². The van der Waals surface area contributed by atoms with Gasteiger partial charge in [-0.1, -0.05) is 17.7 Å². The monoisotopic (exact) mass is 516 g/mol. The van der Waals surface area contributed by atoms with Gasteiger partial charge < -0.3 is 15.7 Å². The molecule has 1 fully saturated rings. The first-order valence-electron chi connectivity index (χ1n) is 11.3. The number of amides is 2. The summed E-state index contributed by atoms with van der Waals surface area (Å²) in [5.41, 5.74) is 5.20. The lowest BCUT2D eigenvalue weighted by Gasteiger charge is -2.34. The number of pyridine rings is 1. The Balaban J connectivity index is 1.55. The molecule has 1 aliphatic rings. The van der Waals surface area contributed by atoms with E-state index in [9.17, 15) is 23.2 Å². The minimum Gasteiger partial charge on any atom is -0.481 e. The zero-order valence-corrected chi connectivity index (χ0v) is 19.9. The molecular formula is C25H23ClF2N4O4. The Morgan fingerprint density at radius 2 is 1.69 bits per heavy atom. The molecule has 1 aliphatic heterocycles. The second kappa shape index (κ2) is 10.5. The van der Waals surface area contributed by atoms with Crippen LogP contribution in [0.1, 0.15) is 33.6 Å². The van der Waals surface area contributed by atoms with Crippen LogP contribution in [-0.2, 0) is 4.79 Å². The second-order valence-corrected chi connectivity index (χ2v) is 8.94. The molecule has 0 saturated carbocycles. The third-order valence-corrected chi connectivity index (χ3v) is 6.43. The van der Waals surface area contributed by atoms with Crippen molar-refractivity contribution in [1.82, 2.24) is 14.8 Å². The molecule has 3 N–H and O–H groups in total. The van der Waals surface area contributed by atoms with E-state index in [-0.39, 0.29) is 28.6 Å². The highest BCUT2D eigenvalue weighted by Crippen LogP contribution is 2.30. The lowest BCUT2D eigenvalue weighted by Crippen LogP contribution is -2.48. The molecule has 11 heteroatoms. The van der Waals surface area contributed by atoms with Crippen LogP contribution in [-0.4, -0.2) is 70.4 Å². The number of piperazine rings is 1. The fraction of sp³-hybridized carbons (Fsp3) is 0.280. The summed E-state index contributed by atoms with van der Waals surface area (Å²) >= 11 is 6.39. The number of halogens is 3. The number of benzene rings is 2. The van der Waals surface area contributed by atoms with Gasteiger partial charge >= 0.3 is 5.97 Å². The molecule has 4 rings (SSSR count). The van der Waals surface area contributed by atoms with Gasteiger partial charge in [-0.3, -0.25) is 19.3 Å². The van der Waals surface area contributed by atoms with Crippen molar-refractivity contribution in [3.05, 3.63) is 64.2 Å².